The van der Waals surface area contributed by atoms with E-state index in [1.165, 1.54) is 38.5 Å². The predicted octanol–water partition coefficient (Wildman–Crippen LogP) is 2.10. The second-order valence-corrected chi connectivity index (χ2v) is 6.54. The molecule has 0 radical (unpaired) electrons. The molecule has 0 spiro atoms. The SMILES string of the molecule is COc1cc2c(cc1OC)S(=O)(=O)c1ccccc1C(=O)N2. The first kappa shape index (κ1) is 14.4. The lowest BCUT2D eigenvalue weighted by Gasteiger charge is -2.13. The summed E-state index contributed by atoms with van der Waals surface area (Å²) in [5.74, 6) is 0.131. The summed E-state index contributed by atoms with van der Waals surface area (Å²) in [7, 11) is -0.994. The van der Waals surface area contributed by atoms with E-state index in [4.69, 9.17) is 9.47 Å². The Morgan fingerprint density at radius 3 is 2.27 bits per heavy atom. The van der Waals surface area contributed by atoms with E-state index in [0.717, 1.165) is 0 Å². The zero-order chi connectivity index (χ0) is 15.9. The molecule has 1 N–H and O–H groups in total. The van der Waals surface area contributed by atoms with Crippen LogP contribution >= 0.6 is 0 Å². The Bertz CT molecular complexity index is 873. The number of rotatable bonds is 2. The second-order valence-electron chi connectivity index (χ2n) is 4.66. The number of fused-ring (bicyclic) bond motifs is 2. The van der Waals surface area contributed by atoms with Gasteiger partial charge in [-0.25, -0.2) is 8.42 Å². The normalized spacial score (nSPS) is 15.1. The van der Waals surface area contributed by atoms with Gasteiger partial charge in [-0.15, -0.1) is 0 Å². The molecule has 7 heteroatoms. The van der Waals surface area contributed by atoms with Crippen molar-refractivity contribution in [1.82, 2.24) is 0 Å². The van der Waals surface area contributed by atoms with Crippen LogP contribution in [0.25, 0.3) is 0 Å². The molecule has 0 fully saturated rings. The number of nitrogens with one attached hydrogen (secondary N) is 1. The predicted molar refractivity (Wildman–Crippen MR) is 79.4 cm³/mol. The Kier molecular flexibility index (Phi) is 3.29. The van der Waals surface area contributed by atoms with Crippen molar-refractivity contribution in [3.63, 3.8) is 0 Å². The molecule has 0 atom stereocenters. The van der Waals surface area contributed by atoms with E-state index in [-0.39, 0.29) is 26.8 Å². The van der Waals surface area contributed by atoms with Crippen molar-refractivity contribution >= 4 is 21.4 Å². The van der Waals surface area contributed by atoms with Crippen LogP contribution in [0.4, 0.5) is 5.69 Å². The summed E-state index contributed by atoms with van der Waals surface area (Å²) >= 11 is 0. The second kappa shape index (κ2) is 5.03. The van der Waals surface area contributed by atoms with Gasteiger partial charge in [0.15, 0.2) is 11.5 Å². The quantitative estimate of drug-likeness (QED) is 0.916. The van der Waals surface area contributed by atoms with Crippen molar-refractivity contribution in [2.24, 2.45) is 0 Å². The maximum atomic E-state index is 12.8. The molecule has 3 rings (SSSR count). The number of carbonyl (C=O) groups is 1. The standard InChI is InChI=1S/C15H13NO5S/c1-20-11-7-10-14(8-12(11)21-2)22(18,19)13-6-4-3-5-9(13)15(17)16-10/h3-8H,1-2H3,(H,16,17). The topological polar surface area (TPSA) is 81.7 Å². The van der Waals surface area contributed by atoms with Crippen molar-refractivity contribution in [2.45, 2.75) is 9.79 Å². The fourth-order valence-corrected chi connectivity index (χ4v) is 3.98. The molecule has 0 unspecified atom stereocenters. The van der Waals surface area contributed by atoms with E-state index >= 15 is 0 Å². The third kappa shape index (κ3) is 2.01. The van der Waals surface area contributed by atoms with Crippen molar-refractivity contribution in [1.29, 1.82) is 0 Å². The van der Waals surface area contributed by atoms with Gasteiger partial charge in [-0.05, 0) is 12.1 Å². The number of anilines is 1. The summed E-state index contributed by atoms with van der Waals surface area (Å²) in [6.07, 6.45) is 0. The lowest BCUT2D eigenvalue weighted by molar-refractivity contribution is 0.102. The minimum absolute atomic E-state index is 0.0246. The highest BCUT2D eigenvalue weighted by Crippen LogP contribution is 2.40. The van der Waals surface area contributed by atoms with Gasteiger partial charge < -0.3 is 14.8 Å². The highest BCUT2D eigenvalue weighted by Gasteiger charge is 2.32. The van der Waals surface area contributed by atoms with Crippen LogP contribution in [0.3, 0.4) is 0 Å². The summed E-state index contributed by atoms with van der Waals surface area (Å²) in [5, 5.41) is 2.61. The van der Waals surface area contributed by atoms with Gasteiger partial charge >= 0.3 is 0 Å². The van der Waals surface area contributed by atoms with E-state index in [1.54, 1.807) is 12.1 Å². The number of methoxy groups -OCH3 is 2. The minimum atomic E-state index is -3.85. The molecule has 1 heterocycles. The average Bonchev–Trinajstić information content (AvgIpc) is 2.61. The van der Waals surface area contributed by atoms with Crippen LogP contribution in [-0.4, -0.2) is 28.5 Å². The molecule has 0 saturated carbocycles. The molecule has 1 amide bonds. The molecule has 1 aliphatic rings. The van der Waals surface area contributed by atoms with Gasteiger partial charge in [-0.3, -0.25) is 4.79 Å². The largest absolute Gasteiger partial charge is 0.493 e. The molecule has 22 heavy (non-hydrogen) atoms. The lowest BCUT2D eigenvalue weighted by atomic mass is 10.2. The van der Waals surface area contributed by atoms with Gasteiger partial charge in [0.1, 0.15) is 0 Å². The van der Waals surface area contributed by atoms with Gasteiger partial charge in [0, 0.05) is 12.1 Å². The van der Waals surface area contributed by atoms with E-state index < -0.39 is 15.7 Å². The lowest BCUT2D eigenvalue weighted by Crippen LogP contribution is -2.11. The molecular formula is C15H13NO5S. The Morgan fingerprint density at radius 1 is 0.955 bits per heavy atom. The van der Waals surface area contributed by atoms with Crippen molar-refractivity contribution in [2.75, 3.05) is 19.5 Å². The zero-order valence-corrected chi connectivity index (χ0v) is 12.7. The number of carbonyl (C=O) groups excluding carboxylic acids is 1. The average molecular weight is 319 g/mol. The Hall–Kier alpha value is -2.54. The Morgan fingerprint density at radius 2 is 1.59 bits per heavy atom. The monoisotopic (exact) mass is 319 g/mol. The molecular weight excluding hydrogens is 306 g/mol. The minimum Gasteiger partial charge on any atom is -0.493 e. The van der Waals surface area contributed by atoms with Gasteiger partial charge in [0.2, 0.25) is 9.84 Å². The molecule has 2 aromatic rings. The van der Waals surface area contributed by atoms with Crippen LogP contribution in [-0.2, 0) is 9.84 Å². The first-order chi connectivity index (χ1) is 10.5. The molecule has 6 nitrogen and oxygen atoms in total. The van der Waals surface area contributed by atoms with Crippen LogP contribution in [0.2, 0.25) is 0 Å². The molecule has 0 bridgehead atoms. The molecule has 0 aliphatic carbocycles. The number of amides is 1. The highest BCUT2D eigenvalue weighted by atomic mass is 32.2. The van der Waals surface area contributed by atoms with Crippen LogP contribution < -0.4 is 14.8 Å². The van der Waals surface area contributed by atoms with Crippen LogP contribution in [0, 0.1) is 0 Å². The maximum absolute atomic E-state index is 12.8. The van der Waals surface area contributed by atoms with Crippen molar-refractivity contribution in [3.8, 4) is 11.5 Å². The summed E-state index contributed by atoms with van der Waals surface area (Å²) < 4.78 is 36.0. The van der Waals surface area contributed by atoms with Crippen LogP contribution in [0.1, 0.15) is 10.4 Å². The van der Waals surface area contributed by atoms with Crippen molar-refractivity contribution < 1.29 is 22.7 Å². The van der Waals surface area contributed by atoms with E-state index in [9.17, 15) is 13.2 Å². The summed E-state index contributed by atoms with van der Waals surface area (Å²) in [6, 6.07) is 8.88. The maximum Gasteiger partial charge on any atom is 0.257 e. The van der Waals surface area contributed by atoms with E-state index in [2.05, 4.69) is 5.32 Å². The highest BCUT2D eigenvalue weighted by molar-refractivity contribution is 7.91. The Labute approximate surface area is 127 Å². The first-order valence-corrected chi connectivity index (χ1v) is 7.89. The van der Waals surface area contributed by atoms with Gasteiger partial charge in [0.05, 0.1) is 35.3 Å². The fourth-order valence-electron chi connectivity index (χ4n) is 2.38. The number of hydrogen-bond acceptors (Lipinski definition) is 5. The summed E-state index contributed by atoms with van der Waals surface area (Å²) in [5.41, 5.74) is 0.274. The van der Waals surface area contributed by atoms with Gasteiger partial charge in [-0.2, -0.15) is 0 Å². The van der Waals surface area contributed by atoms with Crippen LogP contribution in [0.5, 0.6) is 11.5 Å². The first-order valence-electron chi connectivity index (χ1n) is 6.40. The third-order valence-corrected chi connectivity index (χ3v) is 5.30. The van der Waals surface area contributed by atoms with Gasteiger partial charge in [-0.1, -0.05) is 12.1 Å². The van der Waals surface area contributed by atoms with Crippen molar-refractivity contribution in [3.05, 3.63) is 42.0 Å². The number of sulfone groups is 1. The Balaban J connectivity index is 2.36. The van der Waals surface area contributed by atoms with Crippen LogP contribution in [0.15, 0.2) is 46.2 Å². The smallest absolute Gasteiger partial charge is 0.257 e. The summed E-state index contributed by atoms with van der Waals surface area (Å²) in [4.78, 5) is 12.2. The molecule has 114 valence electrons. The summed E-state index contributed by atoms with van der Waals surface area (Å²) in [6.45, 7) is 0. The van der Waals surface area contributed by atoms with Gasteiger partial charge in [0.25, 0.3) is 5.91 Å². The molecule has 2 aromatic carbocycles. The number of ether oxygens (including phenoxy) is 2. The molecule has 1 aliphatic heterocycles. The molecule has 0 aromatic heterocycles. The molecule has 0 saturated heterocycles. The number of hydrogen-bond donors (Lipinski definition) is 1. The fraction of sp³-hybridized carbons (Fsp3) is 0.133. The van der Waals surface area contributed by atoms with E-state index in [1.807, 2.05) is 0 Å². The van der Waals surface area contributed by atoms with E-state index in [0.29, 0.717) is 5.75 Å². The number of benzene rings is 2. The zero-order valence-electron chi connectivity index (χ0n) is 11.9. The third-order valence-electron chi connectivity index (χ3n) is 3.44.